The van der Waals surface area contributed by atoms with Gasteiger partial charge in [-0.2, -0.15) is 0 Å². The number of rotatable bonds is 12. The summed E-state index contributed by atoms with van der Waals surface area (Å²) in [7, 11) is 1.54. The lowest BCUT2D eigenvalue weighted by Gasteiger charge is -2.25. The summed E-state index contributed by atoms with van der Waals surface area (Å²) in [5, 5.41) is 0. The second kappa shape index (κ2) is 15.4. The average Bonchev–Trinajstić information content (AvgIpc) is 3.34. The molecule has 0 spiro atoms. The first-order chi connectivity index (χ1) is 23.0. The zero-order valence-corrected chi connectivity index (χ0v) is 30.4. The molecule has 2 heterocycles. The molecule has 0 unspecified atom stereocenters. The van der Waals surface area contributed by atoms with Gasteiger partial charge in [0, 0.05) is 0 Å². The smallest absolute Gasteiger partial charge is 0.338 e. The van der Waals surface area contributed by atoms with Crippen molar-refractivity contribution in [2.75, 3.05) is 20.3 Å². The number of fused-ring (bicyclic) bond motifs is 1. The summed E-state index contributed by atoms with van der Waals surface area (Å²) in [6.45, 7) is 9.98. The Morgan fingerprint density at radius 3 is 2.46 bits per heavy atom. The molecule has 48 heavy (non-hydrogen) atoms. The SMILES string of the molecule is CCOC(=O)C1=C(C)N=c2s/c(=C\c3cc(I)c(OCc4ccc(F)cc4)c(OCC)c3)c(=O)n2[C@H]1c1ccc(OC(C)C)c(OC)c1. The van der Waals surface area contributed by atoms with E-state index in [9.17, 15) is 14.0 Å². The van der Waals surface area contributed by atoms with E-state index in [-0.39, 0.29) is 36.3 Å². The van der Waals surface area contributed by atoms with E-state index in [1.807, 2.05) is 39.0 Å². The molecule has 0 radical (unpaired) electrons. The number of benzene rings is 3. The number of carbonyl (C=O) groups is 1. The monoisotopic (exact) mass is 786 g/mol. The van der Waals surface area contributed by atoms with Gasteiger partial charge in [0.1, 0.15) is 12.4 Å². The van der Waals surface area contributed by atoms with E-state index in [4.69, 9.17) is 23.7 Å². The van der Waals surface area contributed by atoms with Crippen molar-refractivity contribution in [1.82, 2.24) is 4.57 Å². The second-order valence-corrected chi connectivity index (χ2v) is 13.2. The predicted molar refractivity (Wildman–Crippen MR) is 190 cm³/mol. The van der Waals surface area contributed by atoms with Crippen LogP contribution in [0.2, 0.25) is 0 Å². The van der Waals surface area contributed by atoms with Crippen molar-refractivity contribution in [2.24, 2.45) is 4.99 Å². The average molecular weight is 787 g/mol. The molecule has 12 heteroatoms. The second-order valence-electron chi connectivity index (χ2n) is 11.1. The molecule has 3 aromatic carbocycles. The summed E-state index contributed by atoms with van der Waals surface area (Å²) < 4.78 is 45.1. The maximum atomic E-state index is 14.2. The molecule has 5 rings (SSSR count). The van der Waals surface area contributed by atoms with Crippen LogP contribution in [0.1, 0.15) is 57.4 Å². The number of halogens is 2. The molecule has 0 saturated heterocycles. The van der Waals surface area contributed by atoms with Crippen LogP contribution in [0, 0.1) is 9.39 Å². The van der Waals surface area contributed by atoms with Crippen molar-refractivity contribution in [3.8, 4) is 23.0 Å². The van der Waals surface area contributed by atoms with Gasteiger partial charge in [0.25, 0.3) is 5.56 Å². The van der Waals surface area contributed by atoms with Gasteiger partial charge < -0.3 is 23.7 Å². The van der Waals surface area contributed by atoms with Gasteiger partial charge in [0.15, 0.2) is 27.8 Å². The molecule has 0 aliphatic carbocycles. The molecule has 9 nitrogen and oxygen atoms in total. The minimum Gasteiger partial charge on any atom is -0.493 e. The normalized spacial score (nSPS) is 14.4. The molecule has 0 amide bonds. The third-order valence-corrected chi connectivity index (χ3v) is 9.09. The topological polar surface area (TPSA) is 97.6 Å². The van der Waals surface area contributed by atoms with Gasteiger partial charge >= 0.3 is 5.97 Å². The summed E-state index contributed by atoms with van der Waals surface area (Å²) in [6, 6.07) is 14.4. The molecule has 0 bridgehead atoms. The number of aromatic nitrogens is 1. The molecule has 1 atom stereocenters. The van der Waals surface area contributed by atoms with Crippen LogP contribution in [0.25, 0.3) is 6.08 Å². The van der Waals surface area contributed by atoms with Crippen LogP contribution in [0.5, 0.6) is 23.0 Å². The predicted octanol–water partition coefficient (Wildman–Crippen LogP) is 6.32. The lowest BCUT2D eigenvalue weighted by molar-refractivity contribution is -0.139. The van der Waals surface area contributed by atoms with Gasteiger partial charge in [0.05, 0.1) is 51.8 Å². The van der Waals surface area contributed by atoms with Gasteiger partial charge in [-0.3, -0.25) is 9.36 Å². The molecule has 0 saturated carbocycles. The maximum absolute atomic E-state index is 14.2. The Labute approximate surface area is 295 Å². The summed E-state index contributed by atoms with van der Waals surface area (Å²) in [5.74, 6) is 1.22. The summed E-state index contributed by atoms with van der Waals surface area (Å²) >= 11 is 3.40. The van der Waals surface area contributed by atoms with Crippen molar-refractivity contribution in [1.29, 1.82) is 0 Å². The van der Waals surface area contributed by atoms with E-state index in [0.717, 1.165) is 14.7 Å². The van der Waals surface area contributed by atoms with Crippen LogP contribution in [0.4, 0.5) is 4.39 Å². The van der Waals surface area contributed by atoms with Crippen LogP contribution in [0.3, 0.4) is 0 Å². The first-order valence-corrected chi connectivity index (χ1v) is 17.3. The van der Waals surface area contributed by atoms with E-state index in [0.29, 0.717) is 50.2 Å². The Bertz CT molecular complexity index is 2040. The summed E-state index contributed by atoms with van der Waals surface area (Å²) in [6.07, 6.45) is 1.69. The van der Waals surface area contributed by atoms with E-state index >= 15 is 0 Å². The quantitative estimate of drug-likeness (QED) is 0.123. The minimum absolute atomic E-state index is 0.0820. The van der Waals surface area contributed by atoms with Gasteiger partial charge in [-0.05, 0) is 116 Å². The molecule has 0 fully saturated rings. The number of esters is 1. The van der Waals surface area contributed by atoms with Crippen molar-refractivity contribution in [3.63, 3.8) is 0 Å². The zero-order chi connectivity index (χ0) is 34.5. The highest BCUT2D eigenvalue weighted by Crippen LogP contribution is 2.37. The number of thiazole rings is 1. The number of hydrogen-bond acceptors (Lipinski definition) is 9. The lowest BCUT2D eigenvalue weighted by Crippen LogP contribution is -2.40. The Balaban J connectivity index is 1.60. The fourth-order valence-corrected chi connectivity index (χ4v) is 7.10. The summed E-state index contributed by atoms with van der Waals surface area (Å²) in [5.41, 5.74) is 2.59. The Kier molecular flexibility index (Phi) is 11.3. The maximum Gasteiger partial charge on any atom is 0.338 e. The van der Waals surface area contributed by atoms with Gasteiger partial charge in [-0.1, -0.05) is 29.5 Å². The first kappa shape index (κ1) is 35.1. The van der Waals surface area contributed by atoms with E-state index < -0.39 is 12.0 Å². The lowest BCUT2D eigenvalue weighted by atomic mass is 9.95. The van der Waals surface area contributed by atoms with Crippen LogP contribution in [0.15, 0.2) is 75.7 Å². The highest BCUT2D eigenvalue weighted by Gasteiger charge is 2.34. The number of nitrogens with zero attached hydrogens (tertiary/aromatic N) is 2. The fraction of sp³-hybridized carbons (Fsp3) is 0.306. The van der Waals surface area contributed by atoms with Crippen LogP contribution >= 0.6 is 33.9 Å². The molecular formula is C36H36FIN2O7S. The number of methoxy groups -OCH3 is 1. The Morgan fingerprint density at radius 1 is 1.04 bits per heavy atom. The zero-order valence-electron chi connectivity index (χ0n) is 27.5. The molecule has 1 aliphatic heterocycles. The van der Waals surface area contributed by atoms with E-state index in [1.54, 1.807) is 51.3 Å². The van der Waals surface area contributed by atoms with Crippen LogP contribution in [-0.2, 0) is 16.1 Å². The summed E-state index contributed by atoms with van der Waals surface area (Å²) in [4.78, 5) is 32.7. The van der Waals surface area contributed by atoms with E-state index in [1.165, 1.54) is 28.0 Å². The van der Waals surface area contributed by atoms with Crippen LogP contribution in [-0.4, -0.2) is 37.0 Å². The fourth-order valence-electron chi connectivity index (χ4n) is 5.27. The molecule has 252 valence electrons. The third kappa shape index (κ3) is 7.59. The Hall–Kier alpha value is -4.17. The molecule has 1 aromatic heterocycles. The van der Waals surface area contributed by atoms with Crippen LogP contribution < -0.4 is 33.8 Å². The number of carbonyl (C=O) groups excluding carboxylic acids is 1. The first-order valence-electron chi connectivity index (χ1n) is 15.4. The van der Waals surface area contributed by atoms with Crippen molar-refractivity contribution >= 4 is 46.0 Å². The van der Waals surface area contributed by atoms with Gasteiger partial charge in [-0.25, -0.2) is 14.2 Å². The van der Waals surface area contributed by atoms with Crippen molar-refractivity contribution in [3.05, 3.63) is 112 Å². The van der Waals surface area contributed by atoms with Crippen molar-refractivity contribution in [2.45, 2.75) is 53.4 Å². The van der Waals surface area contributed by atoms with Crippen molar-refractivity contribution < 1.29 is 32.9 Å². The molecule has 0 N–H and O–H groups in total. The third-order valence-electron chi connectivity index (χ3n) is 7.31. The molecule has 1 aliphatic rings. The number of hydrogen-bond donors (Lipinski definition) is 0. The highest BCUT2D eigenvalue weighted by atomic mass is 127. The standard InChI is InChI=1S/C36H36FIN2O7S/c1-7-44-29-16-23(15-26(38)33(29)46-19-22-9-12-25(37)13-10-22)17-30-34(41)40-32(24-11-14-27(47-20(3)4)28(18-24)43-6)31(35(42)45-8-2)21(5)39-36(40)48-30/h9-18,20,32H,7-8,19H2,1-6H3/b30-17-/t32-/m0/s1. The largest absolute Gasteiger partial charge is 0.493 e. The Morgan fingerprint density at radius 2 is 1.79 bits per heavy atom. The number of ether oxygens (including phenoxy) is 5. The van der Waals surface area contributed by atoms with Gasteiger partial charge in [-0.15, -0.1) is 0 Å². The minimum atomic E-state index is -0.814. The molecular weight excluding hydrogens is 750 g/mol. The van der Waals surface area contributed by atoms with Gasteiger partial charge in [0.2, 0.25) is 0 Å². The molecule has 4 aromatic rings. The highest BCUT2D eigenvalue weighted by molar-refractivity contribution is 14.1. The number of allylic oxidation sites excluding steroid dienone is 1. The van der Waals surface area contributed by atoms with E-state index in [2.05, 4.69) is 27.6 Å².